The van der Waals surface area contributed by atoms with E-state index in [1.54, 1.807) is 6.07 Å². The Balaban J connectivity index is 1.32. The van der Waals surface area contributed by atoms with Gasteiger partial charge in [0.25, 0.3) is 5.91 Å². The van der Waals surface area contributed by atoms with Crippen molar-refractivity contribution in [2.75, 3.05) is 31.5 Å². The average Bonchev–Trinajstić information content (AvgIpc) is 2.79. The molecule has 1 aromatic carbocycles. The summed E-state index contributed by atoms with van der Waals surface area (Å²) in [5, 5.41) is 13.5. The summed E-state index contributed by atoms with van der Waals surface area (Å²) in [4.78, 5) is 23.7. The molecule has 30 heavy (non-hydrogen) atoms. The lowest BCUT2D eigenvalue weighted by molar-refractivity contribution is -0.145. The largest absolute Gasteiger partial charge is 0.367 e. The number of nitriles is 1. The summed E-state index contributed by atoms with van der Waals surface area (Å²) < 4.78 is 25.2. The van der Waals surface area contributed by atoms with Crippen LogP contribution < -0.4 is 5.32 Å². The van der Waals surface area contributed by atoms with Gasteiger partial charge in [0.15, 0.2) is 0 Å². The molecule has 1 aliphatic carbocycles. The summed E-state index contributed by atoms with van der Waals surface area (Å²) in [6, 6.07) is 8.24. The van der Waals surface area contributed by atoms with Gasteiger partial charge in [0.1, 0.15) is 12.1 Å². The van der Waals surface area contributed by atoms with Crippen LogP contribution >= 0.6 is 0 Å². The number of benzene rings is 1. The number of alkyl halides is 2. The van der Waals surface area contributed by atoms with Crippen LogP contribution in [0, 0.1) is 11.3 Å². The molecule has 2 heterocycles. The number of fused-ring (bicyclic) bond motifs is 1. The van der Waals surface area contributed by atoms with E-state index >= 15 is 0 Å². The van der Waals surface area contributed by atoms with Gasteiger partial charge in [-0.25, -0.2) is 9.97 Å². The Morgan fingerprint density at radius 2 is 1.87 bits per heavy atom. The number of nitrogens with one attached hydrogen (secondary N) is 1. The van der Waals surface area contributed by atoms with Crippen molar-refractivity contribution in [2.24, 2.45) is 0 Å². The minimum absolute atomic E-state index is 0.284. The number of amides is 1. The normalized spacial score (nSPS) is 22.8. The van der Waals surface area contributed by atoms with Crippen molar-refractivity contribution in [3.63, 3.8) is 0 Å². The molecular formula is C21H24F2N6O. The number of carbonyl (C=O) groups excluding carboxylic acids is 1. The highest BCUT2D eigenvalue weighted by Crippen LogP contribution is 2.28. The van der Waals surface area contributed by atoms with Crippen molar-refractivity contribution in [2.45, 2.75) is 44.2 Å². The molecule has 1 amide bonds. The van der Waals surface area contributed by atoms with Crippen LogP contribution in [-0.2, 0) is 4.79 Å². The van der Waals surface area contributed by atoms with E-state index in [0.717, 1.165) is 42.4 Å². The zero-order chi connectivity index (χ0) is 21.1. The van der Waals surface area contributed by atoms with Crippen molar-refractivity contribution in [3.05, 3.63) is 30.1 Å². The lowest BCUT2D eigenvalue weighted by atomic mass is 9.89. The van der Waals surface area contributed by atoms with Gasteiger partial charge in [-0.3, -0.25) is 9.69 Å². The Labute approximate surface area is 173 Å². The Hall–Kier alpha value is -2.86. The van der Waals surface area contributed by atoms with E-state index in [-0.39, 0.29) is 6.04 Å². The number of nitrogens with zero attached hydrogens (tertiary/aromatic N) is 5. The molecule has 9 heteroatoms. The fourth-order valence-corrected chi connectivity index (χ4v) is 4.47. The summed E-state index contributed by atoms with van der Waals surface area (Å²) in [5.41, 5.74) is 1.38. The van der Waals surface area contributed by atoms with E-state index in [0.29, 0.717) is 37.8 Å². The van der Waals surface area contributed by atoms with Gasteiger partial charge in [-0.2, -0.15) is 14.0 Å². The Kier molecular flexibility index (Phi) is 6.04. The maximum absolute atomic E-state index is 12.6. The zero-order valence-corrected chi connectivity index (χ0v) is 16.6. The minimum Gasteiger partial charge on any atom is -0.367 e. The first-order chi connectivity index (χ1) is 14.5. The predicted octanol–water partition coefficient (Wildman–Crippen LogP) is 2.63. The van der Waals surface area contributed by atoms with Crippen LogP contribution in [0.1, 0.15) is 31.2 Å². The highest BCUT2D eigenvalue weighted by atomic mass is 19.3. The average molecular weight is 414 g/mol. The Morgan fingerprint density at radius 1 is 1.13 bits per heavy atom. The highest BCUT2D eigenvalue weighted by Gasteiger charge is 2.31. The third-order valence-corrected chi connectivity index (χ3v) is 6.13. The monoisotopic (exact) mass is 414 g/mol. The fraction of sp³-hybridized carbons (Fsp3) is 0.524. The lowest BCUT2D eigenvalue weighted by Gasteiger charge is -2.42. The smallest absolute Gasteiger partial charge is 0.315 e. The summed E-state index contributed by atoms with van der Waals surface area (Å²) in [6.45, 7) is 2.04. The van der Waals surface area contributed by atoms with Crippen LogP contribution in [0.2, 0.25) is 0 Å². The predicted molar refractivity (Wildman–Crippen MR) is 108 cm³/mol. The number of piperazine rings is 1. The molecule has 0 bridgehead atoms. The van der Waals surface area contributed by atoms with Crippen LogP contribution in [-0.4, -0.2) is 70.4 Å². The molecule has 2 fully saturated rings. The van der Waals surface area contributed by atoms with E-state index in [2.05, 4.69) is 26.3 Å². The molecule has 0 radical (unpaired) electrons. The molecule has 2 aliphatic rings. The van der Waals surface area contributed by atoms with Crippen molar-refractivity contribution in [3.8, 4) is 6.07 Å². The number of carbonyl (C=O) groups is 1. The molecule has 0 atom stereocenters. The molecule has 4 rings (SSSR count). The lowest BCUT2D eigenvalue weighted by Crippen LogP contribution is -2.54. The number of rotatable bonds is 4. The van der Waals surface area contributed by atoms with Gasteiger partial charge in [0.2, 0.25) is 0 Å². The van der Waals surface area contributed by atoms with E-state index in [4.69, 9.17) is 5.26 Å². The quantitative estimate of drug-likeness (QED) is 0.828. The summed E-state index contributed by atoms with van der Waals surface area (Å²) in [5.74, 6) is -0.307. The maximum atomic E-state index is 12.6. The third kappa shape index (κ3) is 4.33. The summed E-state index contributed by atoms with van der Waals surface area (Å²) in [6.07, 6.45) is 2.58. The van der Waals surface area contributed by atoms with Gasteiger partial charge in [-0.1, -0.05) is 0 Å². The molecule has 2 aromatic rings. The van der Waals surface area contributed by atoms with Gasteiger partial charge < -0.3 is 10.2 Å². The molecule has 7 nitrogen and oxygen atoms in total. The second kappa shape index (κ2) is 8.88. The van der Waals surface area contributed by atoms with Crippen LogP contribution in [0.15, 0.2) is 24.5 Å². The van der Waals surface area contributed by atoms with Crippen LogP contribution in [0.3, 0.4) is 0 Å². The van der Waals surface area contributed by atoms with Crippen LogP contribution in [0.5, 0.6) is 0 Å². The van der Waals surface area contributed by atoms with Gasteiger partial charge >= 0.3 is 6.43 Å². The topological polar surface area (TPSA) is 85.2 Å². The molecule has 0 unspecified atom stereocenters. The standard InChI is InChI=1S/C21H24F2N6O/c22-19(23)21(30)29-9-7-28(8-10-29)16-4-2-15(3-5-16)27-20-17-11-14(12-24)1-6-18(17)25-13-26-20/h1,6,11,13,15-16,19H,2-5,7-10H2,(H,25,26,27)/t15-,16-. The molecule has 1 aromatic heterocycles. The van der Waals surface area contributed by atoms with E-state index in [1.807, 2.05) is 12.1 Å². The Bertz CT molecular complexity index is 946. The highest BCUT2D eigenvalue weighted by molar-refractivity contribution is 5.89. The number of halogens is 2. The first kappa shape index (κ1) is 20.4. The number of aromatic nitrogens is 2. The SMILES string of the molecule is N#Cc1ccc2ncnc(N[C@H]3CC[C@H](N4CCN(C(=O)C(F)F)CC4)CC3)c2c1. The fourth-order valence-electron chi connectivity index (χ4n) is 4.47. The first-order valence-electron chi connectivity index (χ1n) is 10.3. The third-order valence-electron chi connectivity index (χ3n) is 6.13. The number of anilines is 1. The molecule has 1 saturated heterocycles. The maximum Gasteiger partial charge on any atom is 0.315 e. The second-order valence-corrected chi connectivity index (χ2v) is 7.88. The molecule has 1 saturated carbocycles. The molecule has 1 aliphatic heterocycles. The van der Waals surface area contributed by atoms with Gasteiger partial charge in [-0.15, -0.1) is 0 Å². The van der Waals surface area contributed by atoms with Gasteiger partial charge in [0, 0.05) is 43.6 Å². The Morgan fingerprint density at radius 3 is 2.53 bits per heavy atom. The summed E-state index contributed by atoms with van der Waals surface area (Å²) in [7, 11) is 0. The number of hydrogen-bond donors (Lipinski definition) is 1. The second-order valence-electron chi connectivity index (χ2n) is 7.88. The van der Waals surface area contributed by atoms with Crippen molar-refractivity contribution < 1.29 is 13.6 Å². The van der Waals surface area contributed by atoms with Crippen LogP contribution in [0.4, 0.5) is 14.6 Å². The van der Waals surface area contributed by atoms with Gasteiger partial charge in [0.05, 0.1) is 17.1 Å². The van der Waals surface area contributed by atoms with Crippen molar-refractivity contribution in [1.29, 1.82) is 5.26 Å². The van der Waals surface area contributed by atoms with Crippen LogP contribution in [0.25, 0.3) is 10.9 Å². The zero-order valence-electron chi connectivity index (χ0n) is 16.6. The molecule has 1 N–H and O–H groups in total. The summed E-state index contributed by atoms with van der Waals surface area (Å²) >= 11 is 0. The van der Waals surface area contributed by atoms with Crippen molar-refractivity contribution >= 4 is 22.6 Å². The molecular weight excluding hydrogens is 390 g/mol. The van der Waals surface area contributed by atoms with E-state index in [9.17, 15) is 13.6 Å². The minimum atomic E-state index is -2.92. The molecule has 158 valence electrons. The van der Waals surface area contributed by atoms with Gasteiger partial charge in [-0.05, 0) is 43.9 Å². The van der Waals surface area contributed by atoms with E-state index in [1.165, 1.54) is 11.2 Å². The first-order valence-corrected chi connectivity index (χ1v) is 10.3. The molecule has 0 spiro atoms. The van der Waals surface area contributed by atoms with E-state index < -0.39 is 12.3 Å². The number of hydrogen-bond acceptors (Lipinski definition) is 6. The van der Waals surface area contributed by atoms with Crippen molar-refractivity contribution in [1.82, 2.24) is 19.8 Å².